The van der Waals surface area contributed by atoms with Crippen LogP contribution in [0.3, 0.4) is 0 Å². The Hall–Kier alpha value is -1.89. The SMILES string of the molecule is O=C(c1ccsc1)N1CCN(C(=O)C2CCCN2C(=O)C2CCCCC2)CC1. The number of rotatable bonds is 3. The molecular formula is C21H29N3O3S. The number of likely N-dealkylation sites (tertiary alicyclic amines) is 1. The zero-order valence-electron chi connectivity index (χ0n) is 16.3. The summed E-state index contributed by atoms with van der Waals surface area (Å²) < 4.78 is 0. The number of piperazine rings is 1. The molecule has 1 aliphatic carbocycles. The first-order chi connectivity index (χ1) is 13.6. The van der Waals surface area contributed by atoms with Gasteiger partial charge in [0.2, 0.25) is 11.8 Å². The van der Waals surface area contributed by atoms with E-state index < -0.39 is 0 Å². The van der Waals surface area contributed by atoms with Gasteiger partial charge in [-0.3, -0.25) is 14.4 Å². The van der Waals surface area contributed by atoms with E-state index in [1.807, 2.05) is 31.5 Å². The first-order valence-electron chi connectivity index (χ1n) is 10.6. The normalized spacial score (nSPS) is 23.9. The van der Waals surface area contributed by atoms with Gasteiger partial charge in [-0.15, -0.1) is 0 Å². The highest BCUT2D eigenvalue weighted by molar-refractivity contribution is 7.08. The summed E-state index contributed by atoms with van der Waals surface area (Å²) in [4.78, 5) is 44.1. The van der Waals surface area contributed by atoms with Crippen LogP contribution in [0.25, 0.3) is 0 Å². The molecule has 2 saturated heterocycles. The van der Waals surface area contributed by atoms with E-state index in [9.17, 15) is 14.4 Å². The van der Waals surface area contributed by atoms with Crippen LogP contribution in [0.15, 0.2) is 16.8 Å². The van der Waals surface area contributed by atoms with Gasteiger partial charge in [0.05, 0.1) is 5.56 Å². The largest absolute Gasteiger partial charge is 0.337 e. The summed E-state index contributed by atoms with van der Waals surface area (Å²) in [5, 5.41) is 3.78. The van der Waals surface area contributed by atoms with E-state index in [4.69, 9.17) is 0 Å². The Morgan fingerprint density at radius 2 is 1.54 bits per heavy atom. The summed E-state index contributed by atoms with van der Waals surface area (Å²) in [7, 11) is 0. The van der Waals surface area contributed by atoms with Gasteiger partial charge in [0.25, 0.3) is 5.91 Å². The van der Waals surface area contributed by atoms with Crippen molar-refractivity contribution >= 4 is 29.1 Å². The number of thiophene rings is 1. The van der Waals surface area contributed by atoms with Crippen molar-refractivity contribution in [3.05, 3.63) is 22.4 Å². The topological polar surface area (TPSA) is 60.9 Å². The minimum atomic E-state index is -0.298. The summed E-state index contributed by atoms with van der Waals surface area (Å²) >= 11 is 1.52. The maximum atomic E-state index is 13.1. The van der Waals surface area contributed by atoms with Crippen molar-refractivity contribution < 1.29 is 14.4 Å². The highest BCUT2D eigenvalue weighted by atomic mass is 32.1. The van der Waals surface area contributed by atoms with Crippen molar-refractivity contribution in [3.8, 4) is 0 Å². The van der Waals surface area contributed by atoms with Gasteiger partial charge in [0.1, 0.15) is 6.04 Å². The molecule has 7 heteroatoms. The average molecular weight is 404 g/mol. The maximum absolute atomic E-state index is 13.1. The summed E-state index contributed by atoms with van der Waals surface area (Å²) in [5.74, 6) is 0.427. The summed E-state index contributed by atoms with van der Waals surface area (Å²) in [6.45, 7) is 2.93. The monoisotopic (exact) mass is 403 g/mol. The lowest BCUT2D eigenvalue weighted by Gasteiger charge is -2.38. The summed E-state index contributed by atoms with van der Waals surface area (Å²) in [5.41, 5.74) is 0.727. The molecule has 28 heavy (non-hydrogen) atoms. The first kappa shape index (κ1) is 19.4. The molecule has 1 saturated carbocycles. The second kappa shape index (κ2) is 8.64. The van der Waals surface area contributed by atoms with Gasteiger partial charge in [-0.1, -0.05) is 19.3 Å². The van der Waals surface area contributed by atoms with E-state index in [2.05, 4.69) is 0 Å². The molecule has 4 rings (SSSR count). The van der Waals surface area contributed by atoms with Crippen LogP contribution in [0.1, 0.15) is 55.3 Å². The highest BCUT2D eigenvalue weighted by Gasteiger charge is 2.39. The van der Waals surface area contributed by atoms with Crippen LogP contribution < -0.4 is 0 Å². The lowest BCUT2D eigenvalue weighted by Crippen LogP contribution is -2.55. The first-order valence-corrected chi connectivity index (χ1v) is 11.5. The van der Waals surface area contributed by atoms with E-state index in [-0.39, 0.29) is 29.7 Å². The van der Waals surface area contributed by atoms with Gasteiger partial charge in [-0.2, -0.15) is 11.3 Å². The fourth-order valence-electron chi connectivity index (χ4n) is 4.78. The predicted octanol–water partition coefficient (Wildman–Crippen LogP) is 2.60. The number of nitrogens with zero attached hydrogens (tertiary/aromatic N) is 3. The Labute approximate surface area is 170 Å². The minimum absolute atomic E-state index is 0.0447. The molecule has 0 N–H and O–H groups in total. The van der Waals surface area contributed by atoms with Crippen molar-refractivity contribution in [2.75, 3.05) is 32.7 Å². The van der Waals surface area contributed by atoms with Crippen LogP contribution >= 0.6 is 11.3 Å². The Bertz CT molecular complexity index is 706. The molecule has 3 amide bonds. The average Bonchev–Trinajstić information content (AvgIpc) is 3.45. The van der Waals surface area contributed by atoms with Crippen LogP contribution in [0.5, 0.6) is 0 Å². The predicted molar refractivity (Wildman–Crippen MR) is 108 cm³/mol. The molecule has 1 aromatic rings. The molecule has 6 nitrogen and oxygen atoms in total. The fraction of sp³-hybridized carbons (Fsp3) is 0.667. The molecule has 0 aromatic carbocycles. The molecule has 1 unspecified atom stereocenters. The number of carbonyl (C=O) groups excluding carboxylic acids is 3. The van der Waals surface area contributed by atoms with Crippen molar-refractivity contribution in [3.63, 3.8) is 0 Å². The Kier molecular flexibility index (Phi) is 5.99. The van der Waals surface area contributed by atoms with E-state index >= 15 is 0 Å². The third-order valence-corrected chi connectivity index (χ3v) is 7.11. The molecule has 2 aliphatic heterocycles. The molecule has 152 valence electrons. The molecule has 3 heterocycles. The van der Waals surface area contributed by atoms with Crippen molar-refractivity contribution in [2.45, 2.75) is 51.0 Å². The van der Waals surface area contributed by atoms with Crippen molar-refractivity contribution in [1.29, 1.82) is 0 Å². The lowest BCUT2D eigenvalue weighted by molar-refractivity contribution is -0.147. The van der Waals surface area contributed by atoms with Crippen molar-refractivity contribution in [1.82, 2.24) is 14.7 Å². The summed E-state index contributed by atoms with van der Waals surface area (Å²) in [6, 6.07) is 1.55. The number of amides is 3. The molecule has 1 atom stereocenters. The highest BCUT2D eigenvalue weighted by Crippen LogP contribution is 2.29. The van der Waals surface area contributed by atoms with Gasteiger partial charge >= 0.3 is 0 Å². The van der Waals surface area contributed by atoms with Gasteiger partial charge in [0, 0.05) is 44.0 Å². The van der Waals surface area contributed by atoms with E-state index in [0.717, 1.165) is 44.1 Å². The molecule has 3 fully saturated rings. The van der Waals surface area contributed by atoms with Gasteiger partial charge in [0.15, 0.2) is 0 Å². The number of hydrogen-bond donors (Lipinski definition) is 0. The van der Waals surface area contributed by atoms with Gasteiger partial charge in [-0.05, 0) is 37.1 Å². The maximum Gasteiger partial charge on any atom is 0.254 e. The quantitative estimate of drug-likeness (QED) is 0.779. The van der Waals surface area contributed by atoms with E-state index in [1.165, 1.54) is 17.8 Å². The second-order valence-corrected chi connectivity index (χ2v) is 8.93. The van der Waals surface area contributed by atoms with Crippen molar-refractivity contribution in [2.24, 2.45) is 5.92 Å². The van der Waals surface area contributed by atoms with Crippen LogP contribution in [0.2, 0.25) is 0 Å². The molecule has 3 aliphatic rings. The fourth-order valence-corrected chi connectivity index (χ4v) is 5.41. The minimum Gasteiger partial charge on any atom is -0.337 e. The van der Waals surface area contributed by atoms with Gasteiger partial charge in [-0.25, -0.2) is 0 Å². The Morgan fingerprint density at radius 1 is 0.821 bits per heavy atom. The zero-order valence-corrected chi connectivity index (χ0v) is 17.2. The smallest absolute Gasteiger partial charge is 0.254 e. The van der Waals surface area contributed by atoms with E-state index in [1.54, 1.807) is 0 Å². The van der Waals surface area contributed by atoms with Crippen LogP contribution in [-0.2, 0) is 9.59 Å². The standard InChI is InChI=1S/C21H29N3O3S/c25-19(17-8-14-28-15-17)22-10-12-23(13-11-22)21(27)18-7-4-9-24(18)20(26)16-5-2-1-3-6-16/h8,14-16,18H,1-7,9-13H2. The number of hydrogen-bond acceptors (Lipinski definition) is 4. The van der Waals surface area contributed by atoms with Crippen LogP contribution in [-0.4, -0.2) is 71.2 Å². The lowest BCUT2D eigenvalue weighted by atomic mass is 9.88. The van der Waals surface area contributed by atoms with E-state index in [0.29, 0.717) is 32.7 Å². The molecule has 0 bridgehead atoms. The van der Waals surface area contributed by atoms with Crippen LogP contribution in [0, 0.1) is 5.92 Å². The molecule has 0 radical (unpaired) electrons. The summed E-state index contributed by atoms with van der Waals surface area (Å²) in [6.07, 6.45) is 7.10. The molecule has 0 spiro atoms. The number of carbonyl (C=O) groups is 3. The Balaban J connectivity index is 1.34. The Morgan fingerprint density at radius 3 is 2.21 bits per heavy atom. The zero-order chi connectivity index (χ0) is 19.5. The van der Waals surface area contributed by atoms with Crippen LogP contribution in [0.4, 0.5) is 0 Å². The van der Waals surface area contributed by atoms with Gasteiger partial charge < -0.3 is 14.7 Å². The third kappa shape index (κ3) is 3.95. The molecular weight excluding hydrogens is 374 g/mol. The second-order valence-electron chi connectivity index (χ2n) is 8.15. The molecule has 1 aromatic heterocycles. The third-order valence-electron chi connectivity index (χ3n) is 6.42.